The molecule has 3 nitrogen and oxygen atoms in total. The lowest BCUT2D eigenvalue weighted by molar-refractivity contribution is -0.120. The summed E-state index contributed by atoms with van der Waals surface area (Å²) in [6.45, 7) is 0.415. The monoisotopic (exact) mass is 257 g/mol. The summed E-state index contributed by atoms with van der Waals surface area (Å²) < 4.78 is 12.6. The van der Waals surface area contributed by atoms with Gasteiger partial charge in [-0.05, 0) is 35.7 Å². The third-order valence-electron chi connectivity index (χ3n) is 2.15. The fraction of sp³-hybridized carbons (Fsp3) is 0.333. The van der Waals surface area contributed by atoms with E-state index in [4.69, 9.17) is 11.6 Å². The smallest absolute Gasteiger partial charge is 0.224 e. The van der Waals surface area contributed by atoms with Crippen LogP contribution in [0.2, 0.25) is 0 Å². The van der Waals surface area contributed by atoms with Crippen molar-refractivity contribution >= 4 is 22.8 Å². The Bertz CT molecular complexity index is 392. The molecule has 0 heterocycles. The van der Waals surface area contributed by atoms with E-state index in [0.29, 0.717) is 13.0 Å². The maximum absolute atomic E-state index is 12.6. The van der Waals surface area contributed by atoms with Crippen LogP contribution in [-0.2, 0) is 16.0 Å². The predicted molar refractivity (Wildman–Crippen MR) is 63.2 cm³/mol. The molecule has 1 aromatic rings. The zero-order chi connectivity index (χ0) is 12.7. The lowest BCUT2D eigenvalue weighted by Gasteiger charge is -2.04. The van der Waals surface area contributed by atoms with Gasteiger partial charge in [0, 0.05) is 13.0 Å². The van der Waals surface area contributed by atoms with Crippen molar-refractivity contribution in [2.45, 2.75) is 19.3 Å². The maximum Gasteiger partial charge on any atom is 0.224 e. The number of rotatable bonds is 6. The molecule has 0 bridgehead atoms. The van der Waals surface area contributed by atoms with Gasteiger partial charge in [0.05, 0.1) is 6.42 Å². The van der Waals surface area contributed by atoms with Crippen LogP contribution in [0.4, 0.5) is 4.39 Å². The Labute approximate surface area is 104 Å². The summed E-state index contributed by atoms with van der Waals surface area (Å²) in [4.78, 5) is 21.8. The molecule has 0 aromatic heterocycles. The molecule has 0 unspecified atom stereocenters. The second kappa shape index (κ2) is 7.01. The first-order chi connectivity index (χ1) is 8.08. The highest BCUT2D eigenvalue weighted by Crippen LogP contribution is 2.03. The lowest BCUT2D eigenvalue weighted by Crippen LogP contribution is -2.26. The number of hydrogen-bond acceptors (Lipinski definition) is 2. The van der Waals surface area contributed by atoms with Gasteiger partial charge in [0.2, 0.25) is 11.1 Å². The highest BCUT2D eigenvalue weighted by atomic mass is 35.5. The molecule has 1 N–H and O–H groups in total. The predicted octanol–water partition coefficient (Wildman–Crippen LogP) is 2.03. The van der Waals surface area contributed by atoms with Gasteiger partial charge in [0.1, 0.15) is 5.82 Å². The molecule has 0 atom stereocenters. The van der Waals surface area contributed by atoms with Gasteiger partial charge in [-0.25, -0.2) is 4.39 Å². The number of halogens is 2. The van der Waals surface area contributed by atoms with Crippen molar-refractivity contribution in [3.05, 3.63) is 35.6 Å². The summed E-state index contributed by atoms with van der Waals surface area (Å²) >= 11 is 5.15. The van der Waals surface area contributed by atoms with Crippen LogP contribution in [0.25, 0.3) is 0 Å². The van der Waals surface area contributed by atoms with E-state index in [1.165, 1.54) is 12.1 Å². The van der Waals surface area contributed by atoms with Crippen molar-refractivity contribution < 1.29 is 14.0 Å². The first-order valence-electron chi connectivity index (χ1n) is 5.27. The van der Waals surface area contributed by atoms with Crippen LogP contribution in [0.5, 0.6) is 0 Å². The molecule has 0 aliphatic carbocycles. The standard InChI is InChI=1S/C12H13ClFNO2/c13-11(16)2-1-7-15-12(17)8-9-3-5-10(14)6-4-9/h3-6H,1-2,7-8H2,(H,15,17). The highest BCUT2D eigenvalue weighted by molar-refractivity contribution is 6.63. The molecular weight excluding hydrogens is 245 g/mol. The van der Waals surface area contributed by atoms with Crippen molar-refractivity contribution in [1.29, 1.82) is 0 Å². The van der Waals surface area contributed by atoms with Crippen LogP contribution in [0.1, 0.15) is 18.4 Å². The Morgan fingerprint density at radius 1 is 1.24 bits per heavy atom. The fourth-order valence-corrected chi connectivity index (χ4v) is 1.44. The molecular formula is C12H13ClFNO2. The summed E-state index contributed by atoms with van der Waals surface area (Å²) in [5, 5.41) is 2.25. The van der Waals surface area contributed by atoms with Crippen LogP contribution < -0.4 is 5.32 Å². The molecule has 92 valence electrons. The second-order valence-corrected chi connectivity index (χ2v) is 4.03. The van der Waals surface area contributed by atoms with E-state index in [9.17, 15) is 14.0 Å². The van der Waals surface area contributed by atoms with E-state index in [2.05, 4.69) is 5.32 Å². The van der Waals surface area contributed by atoms with Gasteiger partial charge in [-0.15, -0.1) is 0 Å². The normalized spacial score (nSPS) is 10.0. The van der Waals surface area contributed by atoms with E-state index in [0.717, 1.165) is 5.56 Å². The van der Waals surface area contributed by atoms with Crippen LogP contribution in [0, 0.1) is 5.82 Å². The van der Waals surface area contributed by atoms with Crippen molar-refractivity contribution in [2.75, 3.05) is 6.54 Å². The molecule has 5 heteroatoms. The Morgan fingerprint density at radius 3 is 2.47 bits per heavy atom. The minimum Gasteiger partial charge on any atom is -0.356 e. The lowest BCUT2D eigenvalue weighted by atomic mass is 10.1. The molecule has 0 fully saturated rings. The van der Waals surface area contributed by atoms with E-state index < -0.39 is 5.24 Å². The molecule has 0 saturated heterocycles. The Balaban J connectivity index is 2.25. The van der Waals surface area contributed by atoms with E-state index in [-0.39, 0.29) is 24.6 Å². The third-order valence-corrected chi connectivity index (χ3v) is 2.34. The van der Waals surface area contributed by atoms with Gasteiger partial charge in [0.25, 0.3) is 0 Å². The van der Waals surface area contributed by atoms with Crippen molar-refractivity contribution in [1.82, 2.24) is 5.32 Å². The SMILES string of the molecule is O=C(Cl)CCCNC(=O)Cc1ccc(F)cc1. The number of hydrogen-bond donors (Lipinski definition) is 1. The van der Waals surface area contributed by atoms with Crippen molar-refractivity contribution in [3.63, 3.8) is 0 Å². The van der Waals surface area contributed by atoms with Gasteiger partial charge in [-0.1, -0.05) is 12.1 Å². The molecule has 0 aliphatic heterocycles. The molecule has 1 aromatic carbocycles. The average Bonchev–Trinajstić information content (AvgIpc) is 2.27. The summed E-state index contributed by atoms with van der Waals surface area (Å²) in [6, 6.07) is 5.76. The summed E-state index contributed by atoms with van der Waals surface area (Å²) in [5.74, 6) is -0.478. The minimum atomic E-state index is -0.405. The summed E-state index contributed by atoms with van der Waals surface area (Å²) in [7, 11) is 0. The number of benzene rings is 1. The first kappa shape index (κ1) is 13.6. The van der Waals surface area contributed by atoms with Crippen LogP contribution in [-0.4, -0.2) is 17.7 Å². The fourth-order valence-electron chi connectivity index (χ4n) is 1.31. The average molecular weight is 258 g/mol. The quantitative estimate of drug-likeness (QED) is 0.626. The van der Waals surface area contributed by atoms with Crippen LogP contribution in [0.15, 0.2) is 24.3 Å². The Hall–Kier alpha value is -1.42. The van der Waals surface area contributed by atoms with Crippen LogP contribution in [0.3, 0.4) is 0 Å². The van der Waals surface area contributed by atoms with Gasteiger partial charge in [-0.2, -0.15) is 0 Å². The van der Waals surface area contributed by atoms with Crippen molar-refractivity contribution in [3.8, 4) is 0 Å². The highest BCUT2D eigenvalue weighted by Gasteiger charge is 2.03. The Morgan fingerprint density at radius 2 is 1.88 bits per heavy atom. The molecule has 17 heavy (non-hydrogen) atoms. The van der Waals surface area contributed by atoms with Gasteiger partial charge in [-0.3, -0.25) is 9.59 Å². The zero-order valence-electron chi connectivity index (χ0n) is 9.21. The number of carbonyl (C=O) groups excluding carboxylic acids is 2. The van der Waals surface area contributed by atoms with Crippen molar-refractivity contribution in [2.24, 2.45) is 0 Å². The van der Waals surface area contributed by atoms with E-state index >= 15 is 0 Å². The topological polar surface area (TPSA) is 46.2 Å². The summed E-state index contributed by atoms with van der Waals surface area (Å²) in [6.07, 6.45) is 0.977. The number of carbonyl (C=O) groups is 2. The Kier molecular flexibility index (Phi) is 5.63. The largest absolute Gasteiger partial charge is 0.356 e. The van der Waals surface area contributed by atoms with E-state index in [1.54, 1.807) is 12.1 Å². The molecule has 1 amide bonds. The molecule has 0 radical (unpaired) electrons. The zero-order valence-corrected chi connectivity index (χ0v) is 9.97. The molecule has 0 aliphatic rings. The van der Waals surface area contributed by atoms with Crippen LogP contribution >= 0.6 is 11.6 Å². The number of amides is 1. The first-order valence-corrected chi connectivity index (χ1v) is 5.65. The second-order valence-electron chi connectivity index (χ2n) is 3.61. The molecule has 0 spiro atoms. The van der Waals surface area contributed by atoms with E-state index in [1.807, 2.05) is 0 Å². The maximum atomic E-state index is 12.6. The minimum absolute atomic E-state index is 0.154. The number of nitrogens with one attached hydrogen (secondary N) is 1. The van der Waals surface area contributed by atoms with Gasteiger partial charge in [0.15, 0.2) is 0 Å². The molecule has 1 rings (SSSR count). The van der Waals surface area contributed by atoms with Gasteiger partial charge < -0.3 is 5.32 Å². The summed E-state index contributed by atoms with van der Waals surface area (Å²) in [5.41, 5.74) is 0.748. The van der Waals surface area contributed by atoms with Gasteiger partial charge >= 0.3 is 0 Å². The third kappa shape index (κ3) is 6.02. The molecule has 0 saturated carbocycles.